The van der Waals surface area contributed by atoms with Gasteiger partial charge in [-0.3, -0.25) is 10.1 Å². The molecule has 0 aliphatic rings. The highest BCUT2D eigenvalue weighted by molar-refractivity contribution is 6.33. The van der Waals surface area contributed by atoms with Crippen molar-refractivity contribution in [1.82, 2.24) is 4.98 Å². The lowest BCUT2D eigenvalue weighted by molar-refractivity contribution is -0.384. The molecule has 0 saturated carbocycles. The summed E-state index contributed by atoms with van der Waals surface area (Å²) in [6.07, 6.45) is 0. The van der Waals surface area contributed by atoms with Gasteiger partial charge in [0.1, 0.15) is 11.6 Å². The first-order chi connectivity index (χ1) is 9.92. The minimum atomic E-state index is -0.981. The molecule has 2 rings (SSSR count). The zero-order valence-electron chi connectivity index (χ0n) is 10.7. The van der Waals surface area contributed by atoms with E-state index in [1.807, 2.05) is 0 Å². The highest BCUT2D eigenvalue weighted by atomic mass is 35.5. The molecule has 6 nitrogen and oxygen atoms in total. The van der Waals surface area contributed by atoms with E-state index in [9.17, 15) is 18.9 Å². The lowest BCUT2D eigenvalue weighted by atomic mass is 10.2. The van der Waals surface area contributed by atoms with Crippen LogP contribution in [-0.2, 0) is 0 Å². The van der Waals surface area contributed by atoms with Crippen LogP contribution in [0, 0.1) is 21.7 Å². The van der Waals surface area contributed by atoms with Crippen molar-refractivity contribution in [2.45, 2.75) is 0 Å². The van der Waals surface area contributed by atoms with Gasteiger partial charge in [0.05, 0.1) is 15.6 Å². The van der Waals surface area contributed by atoms with Gasteiger partial charge in [-0.2, -0.15) is 0 Å². The number of aromatic nitrogens is 1. The third-order valence-corrected chi connectivity index (χ3v) is 2.88. The number of hydrogen-bond acceptors (Lipinski definition) is 5. The van der Waals surface area contributed by atoms with E-state index < -0.39 is 16.6 Å². The average molecular weight is 315 g/mol. The van der Waals surface area contributed by atoms with Crippen molar-refractivity contribution >= 4 is 34.6 Å². The van der Waals surface area contributed by atoms with Crippen LogP contribution in [0.15, 0.2) is 24.3 Å². The maximum atomic E-state index is 13.7. The monoisotopic (exact) mass is 314 g/mol. The smallest absolute Gasteiger partial charge is 0.311 e. The third kappa shape index (κ3) is 3.16. The van der Waals surface area contributed by atoms with Crippen LogP contribution in [0.5, 0.6) is 0 Å². The lowest BCUT2D eigenvalue weighted by Gasteiger charge is -2.10. The molecule has 9 heteroatoms. The van der Waals surface area contributed by atoms with Crippen molar-refractivity contribution in [2.75, 3.05) is 17.7 Å². The summed E-state index contributed by atoms with van der Waals surface area (Å²) < 4.78 is 26.7. The molecule has 0 unspecified atom stereocenters. The second-order valence-corrected chi connectivity index (χ2v) is 4.35. The molecule has 0 amide bonds. The summed E-state index contributed by atoms with van der Waals surface area (Å²) >= 11 is 5.73. The van der Waals surface area contributed by atoms with E-state index >= 15 is 0 Å². The molecule has 1 aromatic heterocycles. The van der Waals surface area contributed by atoms with Gasteiger partial charge < -0.3 is 10.6 Å². The summed E-state index contributed by atoms with van der Waals surface area (Å²) in [5.74, 6) is -1.71. The van der Waals surface area contributed by atoms with Crippen LogP contribution in [-0.4, -0.2) is 17.0 Å². The Labute approximate surface area is 122 Å². The molecule has 0 aliphatic carbocycles. The van der Waals surface area contributed by atoms with Gasteiger partial charge >= 0.3 is 5.69 Å². The number of nitrogens with one attached hydrogen (secondary N) is 2. The van der Waals surface area contributed by atoms with Gasteiger partial charge in [-0.05, 0) is 12.1 Å². The third-order valence-electron chi connectivity index (χ3n) is 2.58. The van der Waals surface area contributed by atoms with Gasteiger partial charge in [-0.15, -0.1) is 0 Å². The zero-order valence-corrected chi connectivity index (χ0v) is 11.4. The van der Waals surface area contributed by atoms with Crippen molar-refractivity contribution in [3.8, 4) is 0 Å². The average Bonchev–Trinajstić information content (AvgIpc) is 2.42. The number of nitrogens with zero attached hydrogens (tertiary/aromatic N) is 2. The number of pyridine rings is 1. The number of nitro groups is 1. The van der Waals surface area contributed by atoms with Crippen LogP contribution in [0.25, 0.3) is 0 Å². The zero-order chi connectivity index (χ0) is 15.6. The second kappa shape index (κ2) is 5.88. The van der Waals surface area contributed by atoms with E-state index in [2.05, 4.69) is 15.6 Å². The van der Waals surface area contributed by atoms with E-state index in [0.717, 1.165) is 6.07 Å². The highest BCUT2D eigenvalue weighted by Crippen LogP contribution is 2.33. The van der Waals surface area contributed by atoms with E-state index in [1.54, 1.807) is 7.05 Å². The van der Waals surface area contributed by atoms with E-state index in [-0.39, 0.29) is 22.2 Å². The number of halogens is 3. The van der Waals surface area contributed by atoms with Gasteiger partial charge in [0.15, 0.2) is 5.82 Å². The van der Waals surface area contributed by atoms with Crippen LogP contribution >= 0.6 is 11.6 Å². The number of benzene rings is 1. The minimum Gasteiger partial charge on any atom is -0.373 e. The Balaban J connectivity index is 2.50. The van der Waals surface area contributed by atoms with Gasteiger partial charge in [0.25, 0.3) is 0 Å². The molecule has 0 bridgehead atoms. The predicted molar refractivity (Wildman–Crippen MR) is 75.1 cm³/mol. The molecule has 0 saturated heterocycles. The van der Waals surface area contributed by atoms with Gasteiger partial charge in [0.2, 0.25) is 5.82 Å². The van der Waals surface area contributed by atoms with Gasteiger partial charge in [-0.1, -0.05) is 11.6 Å². The first-order valence-electron chi connectivity index (χ1n) is 5.67. The van der Waals surface area contributed by atoms with Crippen molar-refractivity contribution in [3.05, 3.63) is 51.0 Å². The molecule has 1 aromatic carbocycles. The fourth-order valence-electron chi connectivity index (χ4n) is 1.61. The van der Waals surface area contributed by atoms with Crippen LogP contribution in [0.3, 0.4) is 0 Å². The van der Waals surface area contributed by atoms with Crippen LogP contribution in [0.2, 0.25) is 5.02 Å². The fourth-order valence-corrected chi connectivity index (χ4v) is 1.85. The molecule has 2 aromatic rings. The van der Waals surface area contributed by atoms with E-state index in [1.165, 1.54) is 12.1 Å². The Morgan fingerprint density at radius 2 is 2.05 bits per heavy atom. The van der Waals surface area contributed by atoms with Crippen LogP contribution < -0.4 is 10.6 Å². The Kier molecular flexibility index (Phi) is 4.18. The maximum absolute atomic E-state index is 13.7. The molecule has 2 N–H and O–H groups in total. The van der Waals surface area contributed by atoms with Gasteiger partial charge in [0, 0.05) is 19.2 Å². The Hall–Kier alpha value is -2.48. The maximum Gasteiger partial charge on any atom is 0.311 e. The Bertz CT molecular complexity index is 689. The fraction of sp³-hybridized carbons (Fsp3) is 0.0833. The molecule has 21 heavy (non-hydrogen) atoms. The SMILES string of the molecule is CNc1ccc([N+](=O)[O-])c(Nc2c(F)cc(F)cc2Cl)n1. The topological polar surface area (TPSA) is 80.1 Å². The van der Waals surface area contributed by atoms with Crippen molar-refractivity contribution in [3.63, 3.8) is 0 Å². The first-order valence-corrected chi connectivity index (χ1v) is 6.05. The molecule has 0 radical (unpaired) electrons. The van der Waals surface area contributed by atoms with E-state index in [4.69, 9.17) is 11.6 Å². The van der Waals surface area contributed by atoms with Crippen molar-refractivity contribution < 1.29 is 13.7 Å². The predicted octanol–water partition coefficient (Wildman–Crippen LogP) is 3.71. The van der Waals surface area contributed by atoms with Crippen LogP contribution in [0.4, 0.5) is 31.8 Å². The quantitative estimate of drug-likeness (QED) is 0.664. The standard InChI is InChI=1S/C12H9ClF2N4O2/c1-16-10-3-2-9(19(20)21)12(17-10)18-11-7(13)4-6(14)5-8(11)15/h2-5H,1H3,(H2,16,17,18). The molecule has 0 spiro atoms. The van der Waals surface area contributed by atoms with Crippen molar-refractivity contribution in [1.29, 1.82) is 0 Å². The van der Waals surface area contributed by atoms with Gasteiger partial charge in [-0.25, -0.2) is 13.8 Å². The summed E-state index contributed by atoms with van der Waals surface area (Å²) in [5.41, 5.74) is -0.657. The van der Waals surface area contributed by atoms with Crippen molar-refractivity contribution in [2.24, 2.45) is 0 Å². The second-order valence-electron chi connectivity index (χ2n) is 3.94. The summed E-state index contributed by atoms with van der Waals surface area (Å²) in [6.45, 7) is 0. The molecule has 0 aliphatic heterocycles. The first kappa shape index (κ1) is 14.9. The molecule has 1 heterocycles. The molecular weight excluding hydrogens is 306 g/mol. The number of rotatable bonds is 4. The number of hydrogen-bond donors (Lipinski definition) is 2. The molecule has 0 atom stereocenters. The lowest BCUT2D eigenvalue weighted by Crippen LogP contribution is -2.04. The summed E-state index contributed by atoms with van der Waals surface area (Å²) in [7, 11) is 1.57. The molecular formula is C12H9ClF2N4O2. The molecule has 0 fully saturated rings. The molecule has 110 valence electrons. The van der Waals surface area contributed by atoms with Crippen LogP contribution in [0.1, 0.15) is 0 Å². The minimum absolute atomic E-state index is 0.209. The highest BCUT2D eigenvalue weighted by Gasteiger charge is 2.19. The normalized spacial score (nSPS) is 10.3. The number of anilines is 3. The summed E-state index contributed by atoms with van der Waals surface area (Å²) in [5, 5.41) is 15.8. The summed E-state index contributed by atoms with van der Waals surface area (Å²) in [6, 6.07) is 4.10. The largest absolute Gasteiger partial charge is 0.373 e. The Morgan fingerprint density at radius 3 is 2.62 bits per heavy atom. The van der Waals surface area contributed by atoms with E-state index in [0.29, 0.717) is 11.9 Å². The summed E-state index contributed by atoms with van der Waals surface area (Å²) in [4.78, 5) is 14.2. The Morgan fingerprint density at radius 1 is 1.33 bits per heavy atom.